The minimum Gasteiger partial charge on any atom is -0.309 e. The van der Waals surface area contributed by atoms with E-state index in [0.717, 1.165) is 12.8 Å². The lowest BCUT2D eigenvalue weighted by Gasteiger charge is -2.04. The molecule has 21 heavy (non-hydrogen) atoms. The average Bonchev–Trinajstić information content (AvgIpc) is 2.48. The molecule has 5 heteroatoms. The van der Waals surface area contributed by atoms with Gasteiger partial charge in [-0.15, -0.1) is 10.2 Å². The number of hydrogen-bond acceptors (Lipinski definition) is 3. The maximum atomic E-state index is 11.7. The van der Waals surface area contributed by atoms with Crippen molar-refractivity contribution in [1.29, 1.82) is 0 Å². The Morgan fingerprint density at radius 3 is 2.19 bits per heavy atom. The highest BCUT2D eigenvalue weighted by atomic mass is 35.5. The van der Waals surface area contributed by atoms with E-state index in [1.54, 1.807) is 12.1 Å². The van der Waals surface area contributed by atoms with Crippen LogP contribution in [0, 0.1) is 0 Å². The molecule has 1 N–H and O–H groups in total. The van der Waals surface area contributed by atoms with Gasteiger partial charge >= 0.3 is 0 Å². The third kappa shape index (κ3) is 9.40. The zero-order valence-electron chi connectivity index (χ0n) is 12.9. The minimum absolute atomic E-state index is 0.00503. The second-order valence-corrected chi connectivity index (χ2v) is 5.76. The third-order valence-corrected chi connectivity index (χ3v) is 3.61. The van der Waals surface area contributed by atoms with E-state index in [0.29, 0.717) is 17.4 Å². The zero-order valence-corrected chi connectivity index (χ0v) is 13.7. The molecule has 0 saturated carbocycles. The van der Waals surface area contributed by atoms with E-state index in [1.165, 1.54) is 44.9 Å². The van der Waals surface area contributed by atoms with Crippen LogP contribution >= 0.6 is 11.6 Å². The second-order valence-electron chi connectivity index (χ2n) is 5.37. The van der Waals surface area contributed by atoms with Crippen LogP contribution < -0.4 is 5.32 Å². The van der Waals surface area contributed by atoms with Crippen molar-refractivity contribution in [2.24, 2.45) is 0 Å². The van der Waals surface area contributed by atoms with Gasteiger partial charge in [0, 0.05) is 6.42 Å². The van der Waals surface area contributed by atoms with E-state index in [-0.39, 0.29) is 5.91 Å². The van der Waals surface area contributed by atoms with Gasteiger partial charge in [0.15, 0.2) is 11.0 Å². The Bertz CT molecular complexity index is 395. The lowest BCUT2D eigenvalue weighted by atomic mass is 10.1. The molecule has 0 radical (unpaired) electrons. The maximum Gasteiger partial charge on any atom is 0.225 e. The molecule has 0 spiro atoms. The highest BCUT2D eigenvalue weighted by Gasteiger charge is 2.03. The molecule has 0 bridgehead atoms. The van der Waals surface area contributed by atoms with Crippen molar-refractivity contribution in [3.05, 3.63) is 17.3 Å². The summed E-state index contributed by atoms with van der Waals surface area (Å²) in [5, 5.41) is 10.5. The number of aromatic nitrogens is 2. The van der Waals surface area contributed by atoms with Crippen LogP contribution in [0.1, 0.15) is 71.1 Å². The molecule has 0 aliphatic heterocycles. The number of hydrogen-bond donors (Lipinski definition) is 1. The number of nitrogens with one attached hydrogen (secondary N) is 1. The first-order valence-corrected chi connectivity index (χ1v) is 8.39. The van der Waals surface area contributed by atoms with Gasteiger partial charge in [-0.3, -0.25) is 4.79 Å². The SMILES string of the molecule is CCCCCCCCCCCC(=O)Nc1ccc(Cl)nn1. The summed E-state index contributed by atoms with van der Waals surface area (Å²) in [4.78, 5) is 11.7. The molecule has 0 saturated heterocycles. The predicted octanol–water partition coefficient (Wildman–Crippen LogP) is 4.99. The first kappa shape index (κ1) is 17.9. The summed E-state index contributed by atoms with van der Waals surface area (Å²) in [6.45, 7) is 2.24. The minimum atomic E-state index is -0.00503. The zero-order chi connectivity index (χ0) is 15.3. The van der Waals surface area contributed by atoms with Gasteiger partial charge in [0.05, 0.1) is 0 Å². The van der Waals surface area contributed by atoms with E-state index in [9.17, 15) is 4.79 Å². The monoisotopic (exact) mass is 311 g/mol. The second kappa shape index (κ2) is 11.5. The molecule has 1 aromatic heterocycles. The molecule has 1 rings (SSSR count). The summed E-state index contributed by atoms with van der Waals surface area (Å²) < 4.78 is 0. The Morgan fingerprint density at radius 2 is 1.62 bits per heavy atom. The van der Waals surface area contributed by atoms with Gasteiger partial charge in [0.2, 0.25) is 5.91 Å². The molecule has 1 heterocycles. The lowest BCUT2D eigenvalue weighted by Crippen LogP contribution is -2.12. The Morgan fingerprint density at radius 1 is 1.00 bits per heavy atom. The van der Waals surface area contributed by atoms with Crippen molar-refractivity contribution in [3.8, 4) is 0 Å². The highest BCUT2D eigenvalue weighted by molar-refractivity contribution is 6.29. The Kier molecular flexibility index (Phi) is 9.79. The standard InChI is InChI=1S/C16H26ClN3O/c1-2-3-4-5-6-7-8-9-10-11-16(21)18-15-13-12-14(17)19-20-15/h12-13H,2-11H2,1H3,(H,18,20,21). The van der Waals surface area contributed by atoms with E-state index in [4.69, 9.17) is 11.6 Å². The molecule has 0 aliphatic carbocycles. The number of anilines is 1. The third-order valence-electron chi connectivity index (χ3n) is 3.41. The molecule has 0 atom stereocenters. The van der Waals surface area contributed by atoms with Gasteiger partial charge < -0.3 is 5.32 Å². The van der Waals surface area contributed by atoms with Crippen LogP contribution in [0.5, 0.6) is 0 Å². The fourth-order valence-corrected chi connectivity index (χ4v) is 2.29. The fourth-order valence-electron chi connectivity index (χ4n) is 2.18. The van der Waals surface area contributed by atoms with Crippen molar-refractivity contribution >= 4 is 23.3 Å². The molecule has 0 aromatic carbocycles. The van der Waals surface area contributed by atoms with Crippen molar-refractivity contribution < 1.29 is 4.79 Å². The van der Waals surface area contributed by atoms with Crippen molar-refractivity contribution in [1.82, 2.24) is 10.2 Å². The molecule has 0 unspecified atom stereocenters. The molecular weight excluding hydrogens is 286 g/mol. The number of halogens is 1. The summed E-state index contributed by atoms with van der Waals surface area (Å²) in [6, 6.07) is 3.27. The largest absolute Gasteiger partial charge is 0.309 e. The normalized spacial score (nSPS) is 10.6. The van der Waals surface area contributed by atoms with Crippen LogP contribution in [-0.2, 0) is 4.79 Å². The van der Waals surface area contributed by atoms with Crippen LogP contribution in [0.2, 0.25) is 5.15 Å². The van der Waals surface area contributed by atoms with Crippen molar-refractivity contribution in [2.75, 3.05) is 5.32 Å². The molecule has 0 fully saturated rings. The van der Waals surface area contributed by atoms with Crippen LogP contribution in [0.15, 0.2) is 12.1 Å². The number of amides is 1. The van der Waals surface area contributed by atoms with E-state index >= 15 is 0 Å². The van der Waals surface area contributed by atoms with Crippen LogP contribution in [0.4, 0.5) is 5.82 Å². The van der Waals surface area contributed by atoms with Crippen LogP contribution in [0.3, 0.4) is 0 Å². The lowest BCUT2D eigenvalue weighted by molar-refractivity contribution is -0.116. The average molecular weight is 312 g/mol. The molecule has 118 valence electrons. The van der Waals surface area contributed by atoms with Crippen LogP contribution in [-0.4, -0.2) is 16.1 Å². The first-order valence-electron chi connectivity index (χ1n) is 8.01. The van der Waals surface area contributed by atoms with Gasteiger partial charge in [-0.1, -0.05) is 69.9 Å². The first-order chi connectivity index (χ1) is 10.2. The molecule has 1 aromatic rings. The van der Waals surface area contributed by atoms with Gasteiger partial charge in [-0.05, 0) is 18.6 Å². The summed E-state index contributed by atoms with van der Waals surface area (Å²) in [7, 11) is 0. The maximum absolute atomic E-state index is 11.7. The highest BCUT2D eigenvalue weighted by Crippen LogP contribution is 2.11. The quantitative estimate of drug-likeness (QED) is 0.586. The molecular formula is C16H26ClN3O. The number of carbonyl (C=O) groups excluding carboxylic acids is 1. The molecule has 0 aliphatic rings. The van der Waals surface area contributed by atoms with Gasteiger partial charge in [-0.25, -0.2) is 0 Å². The number of nitrogens with zero attached hydrogens (tertiary/aromatic N) is 2. The molecule has 1 amide bonds. The van der Waals surface area contributed by atoms with Crippen LogP contribution in [0.25, 0.3) is 0 Å². The Hall–Kier alpha value is -1.16. The summed E-state index contributed by atoms with van der Waals surface area (Å²) in [5.74, 6) is 0.454. The Labute approximate surface area is 132 Å². The summed E-state index contributed by atoms with van der Waals surface area (Å²) >= 11 is 5.63. The van der Waals surface area contributed by atoms with E-state index in [1.807, 2.05) is 0 Å². The van der Waals surface area contributed by atoms with Gasteiger partial charge in [-0.2, -0.15) is 0 Å². The smallest absolute Gasteiger partial charge is 0.225 e. The number of unbranched alkanes of at least 4 members (excludes halogenated alkanes) is 8. The van der Waals surface area contributed by atoms with E-state index in [2.05, 4.69) is 22.4 Å². The van der Waals surface area contributed by atoms with Crippen molar-refractivity contribution in [2.45, 2.75) is 71.1 Å². The number of rotatable bonds is 11. The summed E-state index contributed by atoms with van der Waals surface area (Å²) in [5.41, 5.74) is 0. The number of carbonyl (C=O) groups is 1. The topological polar surface area (TPSA) is 54.9 Å². The van der Waals surface area contributed by atoms with Gasteiger partial charge in [0.1, 0.15) is 0 Å². The van der Waals surface area contributed by atoms with E-state index < -0.39 is 0 Å². The molecule has 4 nitrogen and oxygen atoms in total. The van der Waals surface area contributed by atoms with Gasteiger partial charge in [0.25, 0.3) is 0 Å². The van der Waals surface area contributed by atoms with Crippen molar-refractivity contribution in [3.63, 3.8) is 0 Å². The fraction of sp³-hybridized carbons (Fsp3) is 0.688. The summed E-state index contributed by atoms with van der Waals surface area (Å²) in [6.07, 6.45) is 11.8. The predicted molar refractivity (Wildman–Crippen MR) is 87.5 cm³/mol. The Balaban J connectivity index is 1.97.